The lowest BCUT2D eigenvalue weighted by Crippen LogP contribution is -2.55. The smallest absolute Gasteiger partial charge is 0.252 e. The number of hydrogen-bond acceptors (Lipinski definition) is 3. The molecular formula is C26H39N3O3. The van der Waals surface area contributed by atoms with E-state index < -0.39 is 6.04 Å². The number of likely N-dealkylation sites (tertiary alicyclic amines) is 1. The Morgan fingerprint density at radius 3 is 2.16 bits per heavy atom. The van der Waals surface area contributed by atoms with Crippen LogP contribution in [0.4, 0.5) is 0 Å². The maximum absolute atomic E-state index is 13.2. The minimum atomic E-state index is -0.605. The highest BCUT2D eigenvalue weighted by atomic mass is 16.2. The average molecular weight is 442 g/mol. The van der Waals surface area contributed by atoms with Crippen LogP contribution >= 0.6 is 0 Å². The Balaban J connectivity index is 1.69. The number of piperidine rings is 1. The number of carbonyl (C=O) groups excluding carboxylic acids is 3. The molecule has 1 aromatic rings. The molecule has 6 nitrogen and oxygen atoms in total. The van der Waals surface area contributed by atoms with E-state index in [9.17, 15) is 14.4 Å². The van der Waals surface area contributed by atoms with Crippen LogP contribution in [0.3, 0.4) is 0 Å². The van der Waals surface area contributed by atoms with Crippen molar-refractivity contribution in [2.75, 3.05) is 13.1 Å². The van der Waals surface area contributed by atoms with Crippen LogP contribution in [0.15, 0.2) is 24.3 Å². The van der Waals surface area contributed by atoms with Crippen molar-refractivity contribution in [1.29, 1.82) is 0 Å². The summed E-state index contributed by atoms with van der Waals surface area (Å²) in [6.45, 7) is 9.34. The first-order valence-corrected chi connectivity index (χ1v) is 12.2. The molecule has 3 rings (SSSR count). The summed E-state index contributed by atoms with van der Waals surface area (Å²) in [5.74, 6) is 0.420. The maximum atomic E-state index is 13.2. The summed E-state index contributed by atoms with van der Waals surface area (Å²) in [4.78, 5) is 41.0. The summed E-state index contributed by atoms with van der Waals surface area (Å²) < 4.78 is 0. The topological polar surface area (TPSA) is 78.5 Å². The van der Waals surface area contributed by atoms with Crippen molar-refractivity contribution >= 4 is 17.7 Å². The number of aryl methyl sites for hydroxylation is 1. The van der Waals surface area contributed by atoms with E-state index in [1.807, 2.05) is 36.9 Å². The Kier molecular flexibility index (Phi) is 8.32. The number of benzene rings is 1. The first kappa shape index (κ1) is 24.3. The minimum absolute atomic E-state index is 0.00922. The number of amides is 3. The molecule has 6 heteroatoms. The van der Waals surface area contributed by atoms with Crippen LogP contribution in [0.2, 0.25) is 0 Å². The number of nitrogens with one attached hydrogen (secondary N) is 2. The van der Waals surface area contributed by atoms with Gasteiger partial charge in [-0.05, 0) is 63.0 Å². The number of carbonyl (C=O) groups is 3. The predicted molar refractivity (Wildman–Crippen MR) is 126 cm³/mol. The van der Waals surface area contributed by atoms with E-state index in [4.69, 9.17) is 0 Å². The third kappa shape index (κ3) is 5.90. The number of hydrogen-bond donors (Lipinski definition) is 2. The summed E-state index contributed by atoms with van der Waals surface area (Å²) in [6, 6.07) is 6.84. The first-order valence-electron chi connectivity index (χ1n) is 12.2. The molecule has 0 radical (unpaired) electrons. The largest absolute Gasteiger partial charge is 0.352 e. The molecule has 1 saturated carbocycles. The maximum Gasteiger partial charge on any atom is 0.252 e. The fourth-order valence-electron chi connectivity index (χ4n) is 4.81. The fraction of sp³-hybridized carbons (Fsp3) is 0.654. The summed E-state index contributed by atoms with van der Waals surface area (Å²) in [7, 11) is 0. The molecule has 2 unspecified atom stereocenters. The minimum Gasteiger partial charge on any atom is -0.352 e. The van der Waals surface area contributed by atoms with Crippen LogP contribution in [0.5, 0.6) is 0 Å². The zero-order valence-corrected chi connectivity index (χ0v) is 20.0. The molecule has 1 saturated heterocycles. The van der Waals surface area contributed by atoms with Crippen molar-refractivity contribution in [1.82, 2.24) is 15.5 Å². The highest BCUT2D eigenvalue weighted by molar-refractivity contribution is 5.98. The van der Waals surface area contributed by atoms with Gasteiger partial charge in [0, 0.05) is 30.6 Å². The lowest BCUT2D eigenvalue weighted by Gasteiger charge is -2.37. The molecule has 0 spiro atoms. The second kappa shape index (κ2) is 11.0. The number of nitrogens with zero attached hydrogens (tertiary/aromatic N) is 1. The fourth-order valence-corrected chi connectivity index (χ4v) is 4.81. The molecule has 176 valence electrons. The average Bonchev–Trinajstić information content (AvgIpc) is 3.32. The van der Waals surface area contributed by atoms with Crippen LogP contribution in [0, 0.1) is 24.7 Å². The van der Waals surface area contributed by atoms with E-state index in [0.717, 1.165) is 44.1 Å². The normalized spacial score (nSPS) is 19.6. The summed E-state index contributed by atoms with van der Waals surface area (Å²) in [6.07, 6.45) is 5.75. The van der Waals surface area contributed by atoms with Gasteiger partial charge in [-0.1, -0.05) is 44.9 Å². The second-order valence-corrected chi connectivity index (χ2v) is 9.95. The van der Waals surface area contributed by atoms with Gasteiger partial charge in [-0.25, -0.2) is 0 Å². The molecule has 0 aromatic heterocycles. The molecule has 32 heavy (non-hydrogen) atoms. The zero-order valence-electron chi connectivity index (χ0n) is 20.0. The highest BCUT2D eigenvalue weighted by Gasteiger charge is 2.36. The van der Waals surface area contributed by atoms with E-state index in [1.165, 1.54) is 0 Å². The molecule has 2 atom stereocenters. The molecule has 0 bridgehead atoms. The standard InChI is InChI=1S/C26H39N3O3/c1-17(2)19(4)27-25(31)23(28-24(30)22-12-8-5-9-18(22)3)20-13-15-29(16-14-20)26(32)21-10-6-7-11-21/h5,8-9,12,17,19-21,23H,6-7,10-11,13-16H2,1-4H3,(H,27,31)(H,28,30). The lowest BCUT2D eigenvalue weighted by molar-refractivity contribution is -0.137. The molecule has 1 aliphatic carbocycles. The van der Waals surface area contributed by atoms with Crippen molar-refractivity contribution < 1.29 is 14.4 Å². The predicted octanol–water partition coefficient (Wildman–Crippen LogP) is 3.68. The van der Waals surface area contributed by atoms with Crippen LogP contribution in [0.1, 0.15) is 75.2 Å². The Hall–Kier alpha value is -2.37. The van der Waals surface area contributed by atoms with Gasteiger partial charge in [0.05, 0.1) is 0 Å². The van der Waals surface area contributed by atoms with Crippen molar-refractivity contribution in [2.45, 2.75) is 78.3 Å². The molecule has 2 N–H and O–H groups in total. The van der Waals surface area contributed by atoms with Crippen molar-refractivity contribution in [2.24, 2.45) is 17.8 Å². The van der Waals surface area contributed by atoms with Gasteiger partial charge in [0.15, 0.2) is 0 Å². The monoisotopic (exact) mass is 441 g/mol. The first-order chi connectivity index (χ1) is 15.3. The van der Waals surface area contributed by atoms with Crippen molar-refractivity contribution in [3.8, 4) is 0 Å². The Bertz CT molecular complexity index is 808. The molecule has 1 aromatic carbocycles. The second-order valence-electron chi connectivity index (χ2n) is 9.95. The van der Waals surface area contributed by atoms with Gasteiger partial charge >= 0.3 is 0 Å². The van der Waals surface area contributed by atoms with E-state index in [2.05, 4.69) is 24.5 Å². The van der Waals surface area contributed by atoms with Gasteiger partial charge in [0.25, 0.3) is 5.91 Å². The van der Waals surface area contributed by atoms with Gasteiger partial charge in [-0.15, -0.1) is 0 Å². The Morgan fingerprint density at radius 1 is 0.938 bits per heavy atom. The number of rotatable bonds is 7. The molecule has 2 aliphatic rings. The summed E-state index contributed by atoms with van der Waals surface area (Å²) in [5, 5.41) is 6.13. The highest BCUT2D eigenvalue weighted by Crippen LogP contribution is 2.29. The summed E-state index contributed by atoms with van der Waals surface area (Å²) >= 11 is 0. The van der Waals surface area contributed by atoms with E-state index >= 15 is 0 Å². The Morgan fingerprint density at radius 2 is 1.56 bits per heavy atom. The van der Waals surface area contributed by atoms with E-state index in [-0.39, 0.29) is 35.6 Å². The molecule has 1 aliphatic heterocycles. The Labute approximate surface area is 192 Å². The molecule has 3 amide bonds. The molecule has 1 heterocycles. The summed E-state index contributed by atoms with van der Waals surface area (Å²) in [5.41, 5.74) is 1.48. The van der Waals surface area contributed by atoms with Gasteiger partial charge < -0.3 is 15.5 Å². The van der Waals surface area contributed by atoms with Crippen LogP contribution < -0.4 is 10.6 Å². The molecular weight excluding hydrogens is 402 g/mol. The van der Waals surface area contributed by atoms with Gasteiger partial charge in [-0.2, -0.15) is 0 Å². The van der Waals surface area contributed by atoms with Gasteiger partial charge in [0.2, 0.25) is 11.8 Å². The SMILES string of the molecule is Cc1ccccc1C(=O)NC(C(=O)NC(C)C(C)C)C1CCN(C(=O)C2CCCC2)CC1. The van der Waals surface area contributed by atoms with E-state index in [1.54, 1.807) is 6.07 Å². The van der Waals surface area contributed by atoms with E-state index in [0.29, 0.717) is 24.6 Å². The third-order valence-corrected chi connectivity index (χ3v) is 7.36. The van der Waals surface area contributed by atoms with Gasteiger partial charge in [0.1, 0.15) is 6.04 Å². The van der Waals surface area contributed by atoms with Crippen LogP contribution in [-0.4, -0.2) is 47.8 Å². The quantitative estimate of drug-likeness (QED) is 0.677. The van der Waals surface area contributed by atoms with Crippen molar-refractivity contribution in [3.63, 3.8) is 0 Å². The zero-order chi connectivity index (χ0) is 23.3. The van der Waals surface area contributed by atoms with Crippen LogP contribution in [0.25, 0.3) is 0 Å². The lowest BCUT2D eigenvalue weighted by atomic mass is 9.87. The molecule has 2 fully saturated rings. The third-order valence-electron chi connectivity index (χ3n) is 7.36. The van der Waals surface area contributed by atoms with Crippen LogP contribution in [-0.2, 0) is 9.59 Å². The van der Waals surface area contributed by atoms with Crippen molar-refractivity contribution in [3.05, 3.63) is 35.4 Å². The van der Waals surface area contributed by atoms with Gasteiger partial charge in [-0.3, -0.25) is 14.4 Å².